The molecular weight excluding hydrogens is 144 g/mol. The van der Waals surface area contributed by atoms with E-state index in [-0.39, 0.29) is 12.2 Å². The quantitative estimate of drug-likeness (QED) is 0.479. The lowest BCUT2D eigenvalue weighted by Gasteiger charge is -1.79. The lowest BCUT2D eigenvalue weighted by Crippen LogP contribution is -1.92. The fraction of sp³-hybridized carbons (Fsp3) is 0.375. The second-order valence-electron chi connectivity index (χ2n) is 1.89. The molecule has 0 unspecified atom stereocenters. The van der Waals surface area contributed by atoms with Crippen molar-refractivity contribution in [3.63, 3.8) is 0 Å². The standard InChI is InChI=1S/C4H6O2.C4H8O/c1-3(2)4(5)6;1-2-3-4-5/h1H2,2H3,(H,5,6);2,5H,1,3-4H2. The average molecular weight is 158 g/mol. The molecule has 0 heterocycles. The van der Waals surface area contributed by atoms with E-state index in [4.69, 9.17) is 10.2 Å². The Hall–Kier alpha value is -1.09. The number of rotatable bonds is 3. The van der Waals surface area contributed by atoms with Gasteiger partial charge in [-0.05, 0) is 13.3 Å². The van der Waals surface area contributed by atoms with Gasteiger partial charge in [-0.3, -0.25) is 0 Å². The van der Waals surface area contributed by atoms with Crippen LogP contribution in [0.15, 0.2) is 24.8 Å². The zero-order chi connectivity index (χ0) is 9.28. The molecule has 0 rings (SSSR count). The zero-order valence-corrected chi connectivity index (χ0v) is 6.71. The van der Waals surface area contributed by atoms with Gasteiger partial charge in [0, 0.05) is 12.2 Å². The minimum atomic E-state index is -0.935. The van der Waals surface area contributed by atoms with Crippen LogP contribution in [-0.4, -0.2) is 22.8 Å². The molecule has 0 spiro atoms. The first-order valence-electron chi connectivity index (χ1n) is 3.16. The fourth-order valence-electron chi connectivity index (χ4n) is 0.0913. The normalized spacial score (nSPS) is 7.45. The van der Waals surface area contributed by atoms with Crippen LogP contribution < -0.4 is 0 Å². The van der Waals surface area contributed by atoms with Crippen molar-refractivity contribution in [3.8, 4) is 0 Å². The number of carbonyl (C=O) groups is 1. The third kappa shape index (κ3) is 17.6. The Morgan fingerprint density at radius 2 is 2.00 bits per heavy atom. The first-order chi connectivity index (χ1) is 5.06. The van der Waals surface area contributed by atoms with E-state index in [1.54, 1.807) is 6.08 Å². The highest BCUT2D eigenvalue weighted by Crippen LogP contribution is 1.81. The number of aliphatic hydroxyl groups excluding tert-OH is 1. The van der Waals surface area contributed by atoms with Crippen LogP contribution in [0.3, 0.4) is 0 Å². The second-order valence-corrected chi connectivity index (χ2v) is 1.89. The van der Waals surface area contributed by atoms with Gasteiger partial charge in [0.2, 0.25) is 0 Å². The minimum absolute atomic E-state index is 0.176. The molecule has 0 saturated heterocycles. The summed E-state index contributed by atoms with van der Waals surface area (Å²) in [5.74, 6) is -0.935. The average Bonchev–Trinajstić information content (AvgIpc) is 1.90. The molecular formula is C8H14O3. The predicted octanol–water partition coefficient (Wildman–Crippen LogP) is 1.20. The van der Waals surface area contributed by atoms with Gasteiger partial charge >= 0.3 is 5.97 Å². The van der Waals surface area contributed by atoms with Crippen LogP contribution >= 0.6 is 0 Å². The van der Waals surface area contributed by atoms with Gasteiger partial charge in [-0.25, -0.2) is 4.79 Å². The highest BCUT2D eigenvalue weighted by molar-refractivity contribution is 5.84. The molecule has 11 heavy (non-hydrogen) atoms. The summed E-state index contributed by atoms with van der Waals surface area (Å²) in [6.45, 7) is 8.22. The van der Waals surface area contributed by atoms with E-state index in [0.29, 0.717) is 6.42 Å². The Balaban J connectivity index is 0. The first-order valence-corrected chi connectivity index (χ1v) is 3.16. The lowest BCUT2D eigenvalue weighted by molar-refractivity contribution is -0.132. The van der Waals surface area contributed by atoms with Crippen LogP contribution in [0.4, 0.5) is 0 Å². The molecule has 0 aromatic carbocycles. The maximum absolute atomic E-state index is 9.60. The first kappa shape index (κ1) is 12.6. The molecule has 2 N–H and O–H groups in total. The molecule has 64 valence electrons. The van der Waals surface area contributed by atoms with Crippen molar-refractivity contribution in [2.24, 2.45) is 0 Å². The van der Waals surface area contributed by atoms with Crippen molar-refractivity contribution < 1.29 is 15.0 Å². The molecule has 0 radical (unpaired) electrons. The van der Waals surface area contributed by atoms with Gasteiger partial charge in [-0.2, -0.15) is 0 Å². The van der Waals surface area contributed by atoms with Gasteiger partial charge in [0.05, 0.1) is 0 Å². The van der Waals surface area contributed by atoms with Crippen LogP contribution in [0.1, 0.15) is 13.3 Å². The summed E-state index contributed by atoms with van der Waals surface area (Å²) in [6.07, 6.45) is 2.39. The van der Waals surface area contributed by atoms with E-state index in [1.165, 1.54) is 6.92 Å². The second kappa shape index (κ2) is 8.91. The van der Waals surface area contributed by atoms with Crippen molar-refractivity contribution in [2.45, 2.75) is 13.3 Å². The van der Waals surface area contributed by atoms with Crippen LogP contribution in [0.5, 0.6) is 0 Å². The summed E-state index contributed by atoms with van der Waals surface area (Å²) in [5, 5.41) is 15.9. The van der Waals surface area contributed by atoms with Crippen LogP contribution in [-0.2, 0) is 4.79 Å². The van der Waals surface area contributed by atoms with Crippen molar-refractivity contribution >= 4 is 5.97 Å². The van der Waals surface area contributed by atoms with E-state index in [1.807, 2.05) is 0 Å². The molecule has 0 aliphatic carbocycles. The molecule has 0 atom stereocenters. The molecule has 0 amide bonds. The molecule has 3 nitrogen and oxygen atoms in total. The van der Waals surface area contributed by atoms with Crippen molar-refractivity contribution in [3.05, 3.63) is 24.8 Å². The summed E-state index contributed by atoms with van der Waals surface area (Å²) in [4.78, 5) is 9.60. The lowest BCUT2D eigenvalue weighted by atomic mass is 10.4. The number of aliphatic hydroxyl groups is 1. The Morgan fingerprint density at radius 1 is 1.64 bits per heavy atom. The number of hydrogen-bond acceptors (Lipinski definition) is 2. The van der Waals surface area contributed by atoms with Gasteiger partial charge in [0.15, 0.2) is 0 Å². The molecule has 0 aromatic rings. The Kier molecular flexibility index (Phi) is 10.2. The Labute approximate surface area is 66.7 Å². The molecule has 0 fully saturated rings. The van der Waals surface area contributed by atoms with E-state index >= 15 is 0 Å². The van der Waals surface area contributed by atoms with Crippen LogP contribution in [0.25, 0.3) is 0 Å². The number of aliphatic carboxylic acids is 1. The molecule has 3 heteroatoms. The summed E-state index contributed by atoms with van der Waals surface area (Å²) < 4.78 is 0. The van der Waals surface area contributed by atoms with Crippen molar-refractivity contribution in [2.75, 3.05) is 6.61 Å². The fourth-order valence-corrected chi connectivity index (χ4v) is 0.0913. The van der Waals surface area contributed by atoms with Crippen LogP contribution in [0, 0.1) is 0 Å². The summed E-state index contributed by atoms with van der Waals surface area (Å²) in [6, 6.07) is 0. The summed E-state index contributed by atoms with van der Waals surface area (Å²) >= 11 is 0. The number of carboxylic acids is 1. The Bertz CT molecular complexity index is 126. The predicted molar refractivity (Wildman–Crippen MR) is 44.3 cm³/mol. The topological polar surface area (TPSA) is 57.5 Å². The third-order valence-corrected chi connectivity index (χ3v) is 0.698. The zero-order valence-electron chi connectivity index (χ0n) is 6.71. The minimum Gasteiger partial charge on any atom is -0.478 e. The smallest absolute Gasteiger partial charge is 0.330 e. The molecule has 0 saturated carbocycles. The summed E-state index contributed by atoms with van der Waals surface area (Å²) in [5.41, 5.74) is 0.176. The molecule has 0 bridgehead atoms. The van der Waals surface area contributed by atoms with Crippen molar-refractivity contribution in [1.82, 2.24) is 0 Å². The molecule has 0 aliphatic heterocycles. The SMILES string of the molecule is C=C(C)C(=O)O.C=CCCO. The van der Waals surface area contributed by atoms with Gasteiger partial charge in [0.1, 0.15) is 0 Å². The Morgan fingerprint density at radius 3 is 2.00 bits per heavy atom. The number of hydrogen-bond donors (Lipinski definition) is 2. The third-order valence-electron chi connectivity index (χ3n) is 0.698. The summed E-state index contributed by atoms with van der Waals surface area (Å²) in [7, 11) is 0. The molecule has 0 aliphatic rings. The van der Waals surface area contributed by atoms with Crippen molar-refractivity contribution in [1.29, 1.82) is 0 Å². The highest BCUT2D eigenvalue weighted by Gasteiger charge is 1.90. The largest absolute Gasteiger partial charge is 0.478 e. The highest BCUT2D eigenvalue weighted by atomic mass is 16.4. The van der Waals surface area contributed by atoms with E-state index < -0.39 is 5.97 Å². The number of carboxylic acid groups (broad SMARTS) is 1. The molecule has 0 aromatic heterocycles. The maximum atomic E-state index is 9.60. The van der Waals surface area contributed by atoms with Gasteiger partial charge in [-0.15, -0.1) is 6.58 Å². The van der Waals surface area contributed by atoms with E-state index in [9.17, 15) is 4.79 Å². The van der Waals surface area contributed by atoms with Crippen LogP contribution in [0.2, 0.25) is 0 Å². The van der Waals surface area contributed by atoms with E-state index in [2.05, 4.69) is 13.2 Å². The van der Waals surface area contributed by atoms with Gasteiger partial charge in [-0.1, -0.05) is 12.7 Å². The maximum Gasteiger partial charge on any atom is 0.330 e. The monoisotopic (exact) mass is 158 g/mol. The van der Waals surface area contributed by atoms with Gasteiger partial charge < -0.3 is 10.2 Å². The van der Waals surface area contributed by atoms with E-state index in [0.717, 1.165) is 0 Å². The van der Waals surface area contributed by atoms with Gasteiger partial charge in [0.25, 0.3) is 0 Å².